The van der Waals surface area contributed by atoms with Crippen LogP contribution in [0, 0.1) is 5.92 Å². The van der Waals surface area contributed by atoms with E-state index < -0.39 is 5.97 Å². The number of carbonyl (C=O) groups is 2. The summed E-state index contributed by atoms with van der Waals surface area (Å²) in [6, 6.07) is 0. The Balaban J connectivity index is 1.90. The Hall–Kier alpha value is -1.62. The van der Waals surface area contributed by atoms with E-state index in [0.29, 0.717) is 19.6 Å². The van der Waals surface area contributed by atoms with E-state index in [1.54, 1.807) is 0 Å². The Morgan fingerprint density at radius 3 is 2.43 bits per heavy atom. The number of esters is 1. The fraction of sp³-hybridized carbons (Fsp3) is 0.760. The fourth-order valence-corrected chi connectivity index (χ4v) is 3.42. The Labute approximate surface area is 182 Å². The maximum absolute atomic E-state index is 11.4. The standard InChI is InChI=1S/C25H42O5/c1-21(13-7-3-5-9-17-24(26)27)15-11-12-16-22(2)14-8-4-6-10-18-25(28)30-20-23-19-29-23/h10,15,18,22-23H,3-9,11-14,16-17,19-20H2,1-2H3,(H,26,27). The van der Waals surface area contributed by atoms with Gasteiger partial charge in [-0.05, 0) is 57.8 Å². The minimum absolute atomic E-state index is 0.130. The molecule has 1 aliphatic rings. The fourth-order valence-electron chi connectivity index (χ4n) is 3.42. The van der Waals surface area contributed by atoms with Gasteiger partial charge >= 0.3 is 11.9 Å². The number of epoxide rings is 1. The number of hydrogen-bond acceptors (Lipinski definition) is 4. The third kappa shape index (κ3) is 17.3. The molecule has 1 saturated heterocycles. The molecule has 1 aliphatic heterocycles. The zero-order valence-electron chi connectivity index (χ0n) is 19.1. The first-order valence-electron chi connectivity index (χ1n) is 11.8. The number of carbonyl (C=O) groups excluding carboxylic acids is 1. The number of allylic oxidation sites excluding steroid dienone is 3. The summed E-state index contributed by atoms with van der Waals surface area (Å²) in [5.41, 5.74) is 1.47. The molecule has 2 atom stereocenters. The first-order valence-corrected chi connectivity index (χ1v) is 11.8. The summed E-state index contributed by atoms with van der Waals surface area (Å²) < 4.78 is 10.1. The first-order chi connectivity index (χ1) is 14.5. The van der Waals surface area contributed by atoms with Gasteiger partial charge in [0.05, 0.1) is 6.61 Å². The van der Waals surface area contributed by atoms with Crippen molar-refractivity contribution in [3.05, 3.63) is 23.8 Å². The Bertz CT molecular complexity index is 534. The van der Waals surface area contributed by atoms with E-state index in [4.69, 9.17) is 14.6 Å². The Morgan fingerprint density at radius 2 is 1.73 bits per heavy atom. The number of hydrogen-bond donors (Lipinski definition) is 1. The lowest BCUT2D eigenvalue weighted by Crippen LogP contribution is -2.06. The second-order valence-electron chi connectivity index (χ2n) is 8.67. The van der Waals surface area contributed by atoms with Crippen molar-refractivity contribution in [2.75, 3.05) is 13.2 Å². The molecule has 5 heteroatoms. The van der Waals surface area contributed by atoms with Crippen molar-refractivity contribution in [1.82, 2.24) is 0 Å². The molecule has 1 N–H and O–H groups in total. The molecular formula is C25H42O5. The van der Waals surface area contributed by atoms with Crippen molar-refractivity contribution in [3.8, 4) is 0 Å². The molecule has 5 nitrogen and oxygen atoms in total. The smallest absolute Gasteiger partial charge is 0.330 e. The average Bonchev–Trinajstić information content (AvgIpc) is 3.53. The maximum Gasteiger partial charge on any atom is 0.330 e. The lowest BCUT2D eigenvalue weighted by Gasteiger charge is -2.10. The molecule has 1 fully saturated rings. The molecule has 0 aliphatic carbocycles. The topological polar surface area (TPSA) is 76.1 Å². The van der Waals surface area contributed by atoms with E-state index in [1.807, 2.05) is 6.08 Å². The number of carboxylic acid groups (broad SMARTS) is 1. The summed E-state index contributed by atoms with van der Waals surface area (Å²) in [7, 11) is 0. The molecule has 0 saturated carbocycles. The minimum atomic E-state index is -0.686. The molecule has 0 aromatic carbocycles. The van der Waals surface area contributed by atoms with Crippen LogP contribution in [-0.4, -0.2) is 36.4 Å². The van der Waals surface area contributed by atoms with Crippen LogP contribution < -0.4 is 0 Å². The molecule has 0 radical (unpaired) electrons. The van der Waals surface area contributed by atoms with Crippen LogP contribution in [0.25, 0.3) is 0 Å². The minimum Gasteiger partial charge on any atom is -0.481 e. The van der Waals surface area contributed by atoms with Crippen molar-refractivity contribution >= 4 is 11.9 Å². The summed E-state index contributed by atoms with van der Waals surface area (Å²) in [5.74, 6) is -0.199. The summed E-state index contributed by atoms with van der Waals surface area (Å²) >= 11 is 0. The van der Waals surface area contributed by atoms with Crippen LogP contribution in [0.1, 0.15) is 97.3 Å². The van der Waals surface area contributed by atoms with Crippen LogP contribution in [0.15, 0.2) is 23.8 Å². The molecule has 30 heavy (non-hydrogen) atoms. The molecule has 1 heterocycles. The average molecular weight is 423 g/mol. The third-order valence-corrected chi connectivity index (χ3v) is 5.49. The number of carboxylic acids is 1. The molecule has 2 unspecified atom stereocenters. The van der Waals surface area contributed by atoms with Crippen LogP contribution in [-0.2, 0) is 19.1 Å². The van der Waals surface area contributed by atoms with Crippen molar-refractivity contribution in [2.24, 2.45) is 5.92 Å². The normalized spacial score (nSPS) is 17.3. The van der Waals surface area contributed by atoms with Gasteiger partial charge in [0.15, 0.2) is 0 Å². The number of ether oxygens (including phenoxy) is 2. The van der Waals surface area contributed by atoms with Gasteiger partial charge in [0.2, 0.25) is 0 Å². The summed E-state index contributed by atoms with van der Waals surface area (Å²) in [4.78, 5) is 21.9. The Kier molecular flexibility index (Phi) is 15.1. The largest absolute Gasteiger partial charge is 0.481 e. The van der Waals surface area contributed by atoms with Crippen molar-refractivity contribution in [2.45, 2.75) is 103 Å². The van der Waals surface area contributed by atoms with Gasteiger partial charge in [-0.2, -0.15) is 0 Å². The van der Waals surface area contributed by atoms with E-state index in [9.17, 15) is 9.59 Å². The molecule has 0 bridgehead atoms. The van der Waals surface area contributed by atoms with Crippen LogP contribution in [0.2, 0.25) is 0 Å². The zero-order chi connectivity index (χ0) is 22.0. The second kappa shape index (κ2) is 17.1. The lowest BCUT2D eigenvalue weighted by atomic mass is 9.96. The van der Waals surface area contributed by atoms with Gasteiger partial charge < -0.3 is 14.6 Å². The van der Waals surface area contributed by atoms with Gasteiger partial charge in [0, 0.05) is 12.5 Å². The summed E-state index contributed by atoms with van der Waals surface area (Å²) in [6.07, 6.45) is 19.7. The van der Waals surface area contributed by atoms with Gasteiger partial charge in [0.1, 0.15) is 12.7 Å². The van der Waals surface area contributed by atoms with E-state index in [2.05, 4.69) is 19.9 Å². The first kappa shape index (κ1) is 26.4. The predicted molar refractivity (Wildman–Crippen MR) is 120 cm³/mol. The highest BCUT2D eigenvalue weighted by Crippen LogP contribution is 2.18. The maximum atomic E-state index is 11.4. The molecule has 0 aromatic heterocycles. The van der Waals surface area contributed by atoms with Crippen LogP contribution in [0.3, 0.4) is 0 Å². The van der Waals surface area contributed by atoms with Crippen molar-refractivity contribution in [1.29, 1.82) is 0 Å². The quantitative estimate of drug-likeness (QED) is 0.0878. The van der Waals surface area contributed by atoms with Gasteiger partial charge in [-0.1, -0.05) is 56.8 Å². The highest BCUT2D eigenvalue weighted by atomic mass is 16.6. The van der Waals surface area contributed by atoms with E-state index in [-0.39, 0.29) is 12.1 Å². The second-order valence-corrected chi connectivity index (χ2v) is 8.67. The molecule has 172 valence electrons. The van der Waals surface area contributed by atoms with Crippen LogP contribution in [0.5, 0.6) is 0 Å². The number of rotatable bonds is 19. The SMILES string of the molecule is CC(=CCCCC(C)CCCCC=CC(=O)OCC1CO1)CCCCCCC(=O)O. The van der Waals surface area contributed by atoms with Gasteiger partial charge in [-0.25, -0.2) is 4.79 Å². The third-order valence-electron chi connectivity index (χ3n) is 5.49. The molecular weight excluding hydrogens is 380 g/mol. The molecule has 0 aromatic rings. The summed E-state index contributed by atoms with van der Waals surface area (Å²) in [5, 5.41) is 8.62. The van der Waals surface area contributed by atoms with Gasteiger partial charge in [-0.15, -0.1) is 0 Å². The van der Waals surface area contributed by atoms with Gasteiger partial charge in [-0.3, -0.25) is 4.79 Å². The van der Waals surface area contributed by atoms with Crippen molar-refractivity contribution in [3.63, 3.8) is 0 Å². The monoisotopic (exact) mass is 422 g/mol. The molecule has 0 spiro atoms. The van der Waals surface area contributed by atoms with Gasteiger partial charge in [0.25, 0.3) is 0 Å². The number of aliphatic carboxylic acids is 1. The van der Waals surface area contributed by atoms with E-state index in [0.717, 1.165) is 50.9 Å². The highest BCUT2D eigenvalue weighted by Gasteiger charge is 2.23. The summed E-state index contributed by atoms with van der Waals surface area (Å²) in [6.45, 7) is 5.64. The van der Waals surface area contributed by atoms with E-state index >= 15 is 0 Å². The number of unbranched alkanes of at least 4 members (excludes halogenated alkanes) is 6. The molecule has 0 amide bonds. The van der Waals surface area contributed by atoms with Crippen molar-refractivity contribution < 1.29 is 24.2 Å². The van der Waals surface area contributed by atoms with Crippen LogP contribution >= 0.6 is 0 Å². The zero-order valence-corrected chi connectivity index (χ0v) is 19.1. The predicted octanol–water partition coefficient (Wildman–Crippen LogP) is 6.22. The lowest BCUT2D eigenvalue weighted by molar-refractivity contribution is -0.138. The molecule has 1 rings (SSSR count). The highest BCUT2D eigenvalue weighted by molar-refractivity contribution is 5.81. The Morgan fingerprint density at radius 1 is 1.03 bits per heavy atom. The van der Waals surface area contributed by atoms with E-state index in [1.165, 1.54) is 43.8 Å². The van der Waals surface area contributed by atoms with Crippen LogP contribution in [0.4, 0.5) is 0 Å².